The Kier molecular flexibility index (Phi) is 4.17. The van der Waals surface area contributed by atoms with Crippen LogP contribution in [-0.4, -0.2) is 17.4 Å². The van der Waals surface area contributed by atoms with Crippen LogP contribution in [0, 0.1) is 12.3 Å². The number of aromatic amines is 1. The van der Waals surface area contributed by atoms with Crippen LogP contribution in [0.15, 0.2) is 24.3 Å². The Balaban J connectivity index is 1.96. The second-order valence-electron chi connectivity index (χ2n) is 6.61. The van der Waals surface area contributed by atoms with Crippen molar-refractivity contribution >= 4 is 16.8 Å². The van der Waals surface area contributed by atoms with Crippen LogP contribution in [0.25, 0.3) is 10.9 Å². The van der Waals surface area contributed by atoms with Gasteiger partial charge in [-0.1, -0.05) is 39.0 Å². The van der Waals surface area contributed by atoms with Gasteiger partial charge >= 0.3 is 0 Å². The average molecular weight is 272 g/mol. The van der Waals surface area contributed by atoms with Crippen molar-refractivity contribution in [2.45, 2.75) is 40.5 Å². The molecule has 1 heterocycles. The molecule has 0 bridgehead atoms. The van der Waals surface area contributed by atoms with E-state index in [9.17, 15) is 4.79 Å². The van der Waals surface area contributed by atoms with Crippen LogP contribution < -0.4 is 5.32 Å². The number of carbonyl (C=O) groups is 1. The molecule has 3 nitrogen and oxygen atoms in total. The van der Waals surface area contributed by atoms with Gasteiger partial charge in [-0.15, -0.1) is 0 Å². The zero-order valence-electron chi connectivity index (χ0n) is 12.8. The van der Waals surface area contributed by atoms with Gasteiger partial charge in [-0.3, -0.25) is 4.79 Å². The molecule has 20 heavy (non-hydrogen) atoms. The molecule has 108 valence electrons. The first-order valence-corrected chi connectivity index (χ1v) is 7.20. The van der Waals surface area contributed by atoms with Gasteiger partial charge in [0.15, 0.2) is 0 Å². The van der Waals surface area contributed by atoms with Crippen LogP contribution >= 0.6 is 0 Å². The van der Waals surface area contributed by atoms with E-state index in [0.29, 0.717) is 13.0 Å². The second kappa shape index (κ2) is 5.70. The van der Waals surface area contributed by atoms with Gasteiger partial charge in [-0.05, 0) is 30.4 Å². The summed E-state index contributed by atoms with van der Waals surface area (Å²) in [6.45, 7) is 9.02. The van der Waals surface area contributed by atoms with Crippen molar-refractivity contribution in [1.29, 1.82) is 0 Å². The number of hydrogen-bond acceptors (Lipinski definition) is 1. The second-order valence-corrected chi connectivity index (χ2v) is 6.61. The summed E-state index contributed by atoms with van der Waals surface area (Å²) in [6, 6.07) is 8.31. The summed E-state index contributed by atoms with van der Waals surface area (Å²) in [5, 5.41) is 4.28. The minimum absolute atomic E-state index is 0.0424. The molecule has 1 amide bonds. The van der Waals surface area contributed by atoms with Crippen molar-refractivity contribution in [3.63, 3.8) is 0 Å². The maximum absolute atomic E-state index is 11.8. The van der Waals surface area contributed by atoms with Crippen molar-refractivity contribution in [1.82, 2.24) is 10.3 Å². The normalized spacial score (nSPS) is 11.8. The zero-order valence-corrected chi connectivity index (χ0v) is 12.8. The van der Waals surface area contributed by atoms with E-state index in [1.807, 2.05) is 6.07 Å². The lowest BCUT2D eigenvalue weighted by atomic mass is 9.92. The number of aryl methyl sites for hydroxylation is 1. The summed E-state index contributed by atoms with van der Waals surface area (Å²) in [4.78, 5) is 15.2. The smallest absolute Gasteiger partial charge is 0.220 e. The summed E-state index contributed by atoms with van der Waals surface area (Å²) in [6.07, 6.45) is 1.44. The van der Waals surface area contributed by atoms with Gasteiger partial charge in [0.25, 0.3) is 0 Å². The van der Waals surface area contributed by atoms with Gasteiger partial charge in [0.1, 0.15) is 0 Å². The Morgan fingerprint density at radius 1 is 1.25 bits per heavy atom. The molecule has 0 saturated carbocycles. The fourth-order valence-corrected chi connectivity index (χ4v) is 2.53. The number of benzene rings is 1. The Morgan fingerprint density at radius 3 is 2.65 bits per heavy atom. The van der Waals surface area contributed by atoms with Crippen molar-refractivity contribution in [2.75, 3.05) is 6.54 Å². The third-order valence-electron chi connectivity index (χ3n) is 3.42. The SMILES string of the molecule is Cc1[nH]c2ccccc2c1CCNC(=O)CC(C)(C)C. The quantitative estimate of drug-likeness (QED) is 0.878. The van der Waals surface area contributed by atoms with E-state index in [1.165, 1.54) is 22.2 Å². The van der Waals surface area contributed by atoms with Crippen LogP contribution in [0.4, 0.5) is 0 Å². The lowest BCUT2D eigenvalue weighted by Gasteiger charge is -2.17. The number of rotatable bonds is 4. The molecule has 1 aromatic heterocycles. The highest BCUT2D eigenvalue weighted by Gasteiger charge is 2.15. The molecular weight excluding hydrogens is 248 g/mol. The number of H-pyrrole nitrogens is 1. The summed E-state index contributed by atoms with van der Waals surface area (Å²) in [7, 11) is 0. The minimum Gasteiger partial charge on any atom is -0.358 e. The van der Waals surface area contributed by atoms with Crippen LogP contribution in [0.3, 0.4) is 0 Å². The highest BCUT2D eigenvalue weighted by molar-refractivity contribution is 5.84. The number of nitrogens with one attached hydrogen (secondary N) is 2. The number of carbonyl (C=O) groups excluding carboxylic acids is 1. The monoisotopic (exact) mass is 272 g/mol. The van der Waals surface area contributed by atoms with Gasteiger partial charge < -0.3 is 10.3 Å². The summed E-state index contributed by atoms with van der Waals surface area (Å²) >= 11 is 0. The van der Waals surface area contributed by atoms with Gasteiger partial charge in [0.05, 0.1) is 0 Å². The van der Waals surface area contributed by atoms with Crippen molar-refractivity contribution in [3.8, 4) is 0 Å². The van der Waals surface area contributed by atoms with Crippen LogP contribution in [-0.2, 0) is 11.2 Å². The lowest BCUT2D eigenvalue weighted by Crippen LogP contribution is -2.29. The predicted octanol–water partition coefficient (Wildman–Crippen LogP) is 3.57. The lowest BCUT2D eigenvalue weighted by molar-refractivity contribution is -0.122. The molecule has 0 saturated heterocycles. The van der Waals surface area contributed by atoms with Gasteiger partial charge in [-0.2, -0.15) is 0 Å². The Morgan fingerprint density at radius 2 is 1.95 bits per heavy atom. The molecule has 0 spiro atoms. The molecule has 0 atom stereocenters. The van der Waals surface area contributed by atoms with Gasteiger partial charge in [0.2, 0.25) is 5.91 Å². The topological polar surface area (TPSA) is 44.9 Å². The minimum atomic E-state index is 0.0424. The van der Waals surface area contributed by atoms with Gasteiger partial charge in [0, 0.05) is 29.6 Å². The number of amides is 1. The predicted molar refractivity (Wildman–Crippen MR) is 83.8 cm³/mol. The van der Waals surface area contributed by atoms with E-state index < -0.39 is 0 Å². The van der Waals surface area contributed by atoms with Crippen molar-refractivity contribution in [2.24, 2.45) is 5.41 Å². The zero-order chi connectivity index (χ0) is 14.8. The van der Waals surface area contributed by atoms with Crippen LogP contribution in [0.5, 0.6) is 0 Å². The van der Waals surface area contributed by atoms with E-state index in [4.69, 9.17) is 0 Å². The number of hydrogen-bond donors (Lipinski definition) is 2. The molecule has 2 aromatic rings. The highest BCUT2D eigenvalue weighted by Crippen LogP contribution is 2.22. The molecule has 0 aliphatic heterocycles. The third kappa shape index (κ3) is 3.62. The molecule has 2 N–H and O–H groups in total. The summed E-state index contributed by atoms with van der Waals surface area (Å²) < 4.78 is 0. The number of aromatic nitrogens is 1. The average Bonchev–Trinajstić information content (AvgIpc) is 2.64. The van der Waals surface area contributed by atoms with E-state index >= 15 is 0 Å². The fourth-order valence-electron chi connectivity index (χ4n) is 2.53. The summed E-state index contributed by atoms with van der Waals surface area (Å²) in [5.74, 6) is 0.134. The van der Waals surface area contributed by atoms with Crippen molar-refractivity contribution in [3.05, 3.63) is 35.5 Å². The van der Waals surface area contributed by atoms with Crippen LogP contribution in [0.2, 0.25) is 0 Å². The molecule has 2 rings (SSSR count). The van der Waals surface area contributed by atoms with E-state index in [-0.39, 0.29) is 11.3 Å². The third-order valence-corrected chi connectivity index (χ3v) is 3.42. The first kappa shape index (κ1) is 14.6. The van der Waals surface area contributed by atoms with Crippen molar-refractivity contribution < 1.29 is 4.79 Å². The molecular formula is C17H24N2O. The first-order chi connectivity index (χ1) is 9.37. The standard InChI is InChI=1S/C17H24N2O/c1-12-13(14-7-5-6-8-15(14)19-12)9-10-18-16(20)11-17(2,3)4/h5-8,19H,9-11H2,1-4H3,(H,18,20). The number of fused-ring (bicyclic) bond motifs is 1. The summed E-state index contributed by atoms with van der Waals surface area (Å²) in [5.41, 5.74) is 3.70. The van der Waals surface area contributed by atoms with E-state index in [0.717, 1.165) is 6.42 Å². The largest absolute Gasteiger partial charge is 0.358 e. The molecule has 1 aromatic carbocycles. The van der Waals surface area contributed by atoms with Gasteiger partial charge in [-0.25, -0.2) is 0 Å². The molecule has 0 aliphatic rings. The maximum atomic E-state index is 11.8. The first-order valence-electron chi connectivity index (χ1n) is 7.20. The Labute approximate surface area is 120 Å². The Bertz CT molecular complexity index is 605. The fraction of sp³-hybridized carbons (Fsp3) is 0.471. The van der Waals surface area contributed by atoms with E-state index in [1.54, 1.807) is 0 Å². The maximum Gasteiger partial charge on any atom is 0.220 e. The molecule has 0 radical (unpaired) electrons. The highest BCUT2D eigenvalue weighted by atomic mass is 16.1. The molecule has 3 heteroatoms. The van der Waals surface area contributed by atoms with Crippen LogP contribution in [0.1, 0.15) is 38.4 Å². The van der Waals surface area contributed by atoms with E-state index in [2.05, 4.69) is 56.2 Å². The molecule has 0 aliphatic carbocycles. The Hall–Kier alpha value is -1.77. The number of para-hydroxylation sites is 1. The molecule has 0 unspecified atom stereocenters. The molecule has 0 fully saturated rings.